The molecule has 0 aliphatic carbocycles. The zero-order valence-corrected chi connectivity index (χ0v) is 12.2. The van der Waals surface area contributed by atoms with Crippen molar-refractivity contribution in [2.45, 2.75) is 20.8 Å². The summed E-state index contributed by atoms with van der Waals surface area (Å²) in [6.07, 6.45) is 0. The molecule has 0 saturated carbocycles. The normalized spacial score (nSPS) is 10.4. The molecule has 0 aliphatic heterocycles. The fourth-order valence-electron chi connectivity index (χ4n) is 1.74. The van der Waals surface area contributed by atoms with Crippen LogP contribution in [0.2, 0.25) is 5.02 Å². The second-order valence-corrected chi connectivity index (χ2v) is 4.74. The fraction of sp³-hybridized carbons (Fsp3) is 0.286. The van der Waals surface area contributed by atoms with Gasteiger partial charge in [0.2, 0.25) is 5.88 Å². The van der Waals surface area contributed by atoms with E-state index in [4.69, 9.17) is 16.3 Å². The van der Waals surface area contributed by atoms with E-state index in [1.165, 1.54) is 0 Å². The highest BCUT2D eigenvalue weighted by atomic mass is 35.5. The zero-order chi connectivity index (χ0) is 14.0. The van der Waals surface area contributed by atoms with E-state index in [9.17, 15) is 0 Å². The Morgan fingerprint density at radius 1 is 1.16 bits per heavy atom. The SMILES string of the molecule is CNc1nc(C)nc(Oc2ccc(C)cc2Cl)c1C. The van der Waals surface area contributed by atoms with Crippen LogP contribution in [-0.4, -0.2) is 17.0 Å². The van der Waals surface area contributed by atoms with Crippen molar-refractivity contribution in [1.82, 2.24) is 9.97 Å². The Kier molecular flexibility index (Phi) is 3.90. The van der Waals surface area contributed by atoms with Gasteiger partial charge in [-0.25, -0.2) is 4.98 Å². The predicted molar refractivity (Wildman–Crippen MR) is 77.3 cm³/mol. The van der Waals surface area contributed by atoms with Gasteiger partial charge in [-0.1, -0.05) is 17.7 Å². The van der Waals surface area contributed by atoms with E-state index in [1.807, 2.05) is 46.0 Å². The molecule has 1 N–H and O–H groups in total. The summed E-state index contributed by atoms with van der Waals surface area (Å²) in [5.41, 5.74) is 1.94. The number of anilines is 1. The maximum absolute atomic E-state index is 6.16. The summed E-state index contributed by atoms with van der Waals surface area (Å²) < 4.78 is 5.80. The summed E-state index contributed by atoms with van der Waals surface area (Å²) in [5, 5.41) is 3.59. The predicted octanol–water partition coefficient (Wildman–Crippen LogP) is 3.89. The van der Waals surface area contributed by atoms with Gasteiger partial charge in [-0.2, -0.15) is 4.98 Å². The van der Waals surface area contributed by atoms with Crippen LogP contribution >= 0.6 is 11.6 Å². The van der Waals surface area contributed by atoms with E-state index >= 15 is 0 Å². The Hall–Kier alpha value is -1.81. The van der Waals surface area contributed by atoms with Gasteiger partial charge in [0.1, 0.15) is 17.4 Å². The third-order valence-electron chi connectivity index (χ3n) is 2.74. The molecule has 0 spiro atoms. The molecule has 100 valence electrons. The summed E-state index contributed by atoms with van der Waals surface area (Å²) in [6.45, 7) is 5.71. The summed E-state index contributed by atoms with van der Waals surface area (Å²) >= 11 is 6.16. The van der Waals surface area contributed by atoms with E-state index in [2.05, 4.69) is 15.3 Å². The molecule has 1 aromatic carbocycles. The monoisotopic (exact) mass is 277 g/mol. The number of nitrogens with one attached hydrogen (secondary N) is 1. The molecule has 0 atom stereocenters. The fourth-order valence-corrected chi connectivity index (χ4v) is 2.01. The standard InChI is InChI=1S/C14H16ClN3O/c1-8-5-6-12(11(15)7-8)19-14-9(2)13(16-4)17-10(3)18-14/h5-7H,1-4H3,(H,16,17,18). The van der Waals surface area contributed by atoms with Crippen molar-refractivity contribution in [3.05, 3.63) is 40.2 Å². The molecule has 5 heteroatoms. The number of benzene rings is 1. The third-order valence-corrected chi connectivity index (χ3v) is 3.04. The van der Waals surface area contributed by atoms with Gasteiger partial charge in [0.05, 0.1) is 10.6 Å². The summed E-state index contributed by atoms with van der Waals surface area (Å²) in [6, 6.07) is 5.65. The molecule has 0 aliphatic rings. The molecular weight excluding hydrogens is 262 g/mol. The lowest BCUT2D eigenvalue weighted by Gasteiger charge is -2.12. The maximum atomic E-state index is 6.16. The van der Waals surface area contributed by atoms with Gasteiger partial charge in [0, 0.05) is 7.05 Å². The van der Waals surface area contributed by atoms with Gasteiger partial charge in [-0.3, -0.25) is 0 Å². The number of halogens is 1. The number of hydrogen-bond acceptors (Lipinski definition) is 4. The molecule has 0 bridgehead atoms. The van der Waals surface area contributed by atoms with E-state index in [0.717, 1.165) is 16.9 Å². The molecule has 0 amide bonds. The first kappa shape index (κ1) is 13.6. The molecule has 19 heavy (non-hydrogen) atoms. The second-order valence-electron chi connectivity index (χ2n) is 4.34. The molecule has 1 aromatic heterocycles. The Morgan fingerprint density at radius 3 is 2.53 bits per heavy atom. The Balaban J connectivity index is 2.40. The first-order valence-corrected chi connectivity index (χ1v) is 6.36. The van der Waals surface area contributed by atoms with E-state index < -0.39 is 0 Å². The highest BCUT2D eigenvalue weighted by Gasteiger charge is 2.12. The smallest absolute Gasteiger partial charge is 0.227 e. The molecule has 0 fully saturated rings. The number of aromatic nitrogens is 2. The van der Waals surface area contributed by atoms with Gasteiger partial charge in [-0.05, 0) is 38.5 Å². The minimum absolute atomic E-state index is 0.516. The third kappa shape index (κ3) is 2.96. The average Bonchev–Trinajstić information content (AvgIpc) is 2.36. The lowest BCUT2D eigenvalue weighted by atomic mass is 10.2. The van der Waals surface area contributed by atoms with Gasteiger partial charge in [0.25, 0.3) is 0 Å². The maximum Gasteiger partial charge on any atom is 0.227 e. The number of hydrogen-bond donors (Lipinski definition) is 1. The Bertz CT molecular complexity index is 614. The highest BCUT2D eigenvalue weighted by molar-refractivity contribution is 6.32. The van der Waals surface area contributed by atoms with E-state index in [1.54, 1.807) is 0 Å². The topological polar surface area (TPSA) is 47.0 Å². The number of rotatable bonds is 3. The number of aryl methyl sites for hydroxylation is 2. The minimum Gasteiger partial charge on any atom is -0.437 e. The first-order chi connectivity index (χ1) is 9.01. The van der Waals surface area contributed by atoms with Crippen molar-refractivity contribution in [2.75, 3.05) is 12.4 Å². The molecule has 0 radical (unpaired) electrons. The van der Waals surface area contributed by atoms with Crippen LogP contribution < -0.4 is 10.1 Å². The summed E-state index contributed by atoms with van der Waals surface area (Å²) in [7, 11) is 1.82. The van der Waals surface area contributed by atoms with Gasteiger partial charge < -0.3 is 10.1 Å². The molecule has 0 unspecified atom stereocenters. The van der Waals surface area contributed by atoms with Crippen LogP contribution in [0.1, 0.15) is 17.0 Å². The molecule has 4 nitrogen and oxygen atoms in total. The zero-order valence-electron chi connectivity index (χ0n) is 11.4. The van der Waals surface area contributed by atoms with Crippen LogP contribution in [0.5, 0.6) is 11.6 Å². The quantitative estimate of drug-likeness (QED) is 0.925. The van der Waals surface area contributed by atoms with Crippen molar-refractivity contribution < 1.29 is 4.74 Å². The van der Waals surface area contributed by atoms with Crippen LogP contribution in [0.4, 0.5) is 5.82 Å². The molecular formula is C14H16ClN3O. The van der Waals surface area contributed by atoms with Crippen LogP contribution in [0.25, 0.3) is 0 Å². The van der Waals surface area contributed by atoms with Crippen molar-refractivity contribution >= 4 is 17.4 Å². The molecule has 0 saturated heterocycles. The van der Waals surface area contributed by atoms with Crippen LogP contribution in [0.3, 0.4) is 0 Å². The second kappa shape index (κ2) is 5.45. The average molecular weight is 278 g/mol. The van der Waals surface area contributed by atoms with Gasteiger partial charge in [0.15, 0.2) is 0 Å². The Morgan fingerprint density at radius 2 is 1.89 bits per heavy atom. The lowest BCUT2D eigenvalue weighted by Crippen LogP contribution is -2.03. The summed E-state index contributed by atoms with van der Waals surface area (Å²) in [4.78, 5) is 8.60. The highest BCUT2D eigenvalue weighted by Crippen LogP contribution is 2.32. The van der Waals surface area contributed by atoms with Crippen molar-refractivity contribution in [2.24, 2.45) is 0 Å². The van der Waals surface area contributed by atoms with Gasteiger partial charge in [-0.15, -0.1) is 0 Å². The Labute approximate surface area is 117 Å². The van der Waals surface area contributed by atoms with Gasteiger partial charge >= 0.3 is 0 Å². The first-order valence-electron chi connectivity index (χ1n) is 5.98. The van der Waals surface area contributed by atoms with Crippen molar-refractivity contribution in [1.29, 1.82) is 0 Å². The van der Waals surface area contributed by atoms with Crippen LogP contribution in [0.15, 0.2) is 18.2 Å². The molecule has 2 rings (SSSR count). The number of ether oxygens (including phenoxy) is 1. The molecule has 2 aromatic rings. The molecule has 1 heterocycles. The van der Waals surface area contributed by atoms with E-state index in [-0.39, 0.29) is 0 Å². The van der Waals surface area contributed by atoms with Crippen LogP contribution in [0, 0.1) is 20.8 Å². The van der Waals surface area contributed by atoms with Crippen molar-refractivity contribution in [3.8, 4) is 11.6 Å². The van der Waals surface area contributed by atoms with E-state index in [0.29, 0.717) is 22.5 Å². The largest absolute Gasteiger partial charge is 0.437 e. The summed E-state index contributed by atoms with van der Waals surface area (Å²) in [5.74, 6) is 2.51. The lowest BCUT2D eigenvalue weighted by molar-refractivity contribution is 0.456. The number of nitrogens with zero attached hydrogens (tertiary/aromatic N) is 2. The van der Waals surface area contributed by atoms with Crippen molar-refractivity contribution in [3.63, 3.8) is 0 Å². The van der Waals surface area contributed by atoms with Crippen LogP contribution in [-0.2, 0) is 0 Å². The minimum atomic E-state index is 0.516.